The number of hydrogen-bond donors (Lipinski definition) is 2. The lowest BCUT2D eigenvalue weighted by Crippen LogP contribution is -2.55. The largest absolute Gasteiger partial charge is 0.481 e. The summed E-state index contributed by atoms with van der Waals surface area (Å²) in [7, 11) is 0. The van der Waals surface area contributed by atoms with Gasteiger partial charge in [-0.3, -0.25) is 14.7 Å². The summed E-state index contributed by atoms with van der Waals surface area (Å²) in [6, 6.07) is 9.54. The number of thiazole rings is 1. The molecule has 1 aromatic heterocycles. The van der Waals surface area contributed by atoms with Gasteiger partial charge in [0.25, 0.3) is 0 Å². The molecule has 0 aliphatic carbocycles. The number of nitrogens with zero attached hydrogens (tertiary/aromatic N) is 2. The number of carboxylic acids is 1. The Bertz CT molecular complexity index is 647. The van der Waals surface area contributed by atoms with Crippen LogP contribution in [0.4, 0.5) is 0 Å². The van der Waals surface area contributed by atoms with Crippen LogP contribution in [-0.2, 0) is 17.8 Å². The normalized spacial score (nSPS) is 25.3. The molecular formula is C17H20N2O3S. The number of β-amino-alcohol motifs (C(OH)–C–C–N with tert-alkyl or cyclic N) is 1. The quantitative estimate of drug-likeness (QED) is 0.876. The summed E-state index contributed by atoms with van der Waals surface area (Å²) >= 11 is 1.58. The fourth-order valence-corrected chi connectivity index (χ4v) is 3.85. The van der Waals surface area contributed by atoms with Crippen molar-refractivity contribution in [3.8, 4) is 0 Å². The van der Waals surface area contributed by atoms with Crippen molar-refractivity contribution in [2.24, 2.45) is 5.41 Å². The minimum absolute atomic E-state index is 0.360. The average Bonchev–Trinajstić information content (AvgIpc) is 3.04. The molecule has 2 heterocycles. The fraction of sp³-hybridized carbons (Fsp3) is 0.412. The average molecular weight is 332 g/mol. The maximum absolute atomic E-state index is 11.9. The van der Waals surface area contributed by atoms with E-state index >= 15 is 0 Å². The van der Waals surface area contributed by atoms with E-state index in [2.05, 4.69) is 9.88 Å². The molecule has 0 bridgehead atoms. The number of carboxylic acid groups (broad SMARTS) is 1. The van der Waals surface area contributed by atoms with Crippen molar-refractivity contribution < 1.29 is 15.0 Å². The molecule has 2 atom stereocenters. The molecule has 0 unspecified atom stereocenters. The first-order chi connectivity index (χ1) is 11.1. The highest BCUT2D eigenvalue weighted by molar-refractivity contribution is 7.09. The van der Waals surface area contributed by atoms with Crippen LogP contribution in [0.2, 0.25) is 0 Å². The summed E-state index contributed by atoms with van der Waals surface area (Å²) in [6.07, 6.45) is 1.73. The van der Waals surface area contributed by atoms with E-state index in [4.69, 9.17) is 0 Å². The summed E-state index contributed by atoms with van der Waals surface area (Å²) < 4.78 is 0. The Morgan fingerprint density at radius 1 is 1.39 bits per heavy atom. The summed E-state index contributed by atoms with van der Waals surface area (Å²) in [5.74, 6) is -0.911. The van der Waals surface area contributed by atoms with Gasteiger partial charge < -0.3 is 10.2 Å². The summed E-state index contributed by atoms with van der Waals surface area (Å²) in [6.45, 7) is 1.74. The molecule has 5 nitrogen and oxygen atoms in total. The number of aliphatic carboxylic acids is 1. The molecule has 0 saturated carbocycles. The number of benzene rings is 1. The second-order valence-corrected chi connectivity index (χ2v) is 7.06. The number of carbonyl (C=O) groups is 1. The first kappa shape index (κ1) is 16.1. The van der Waals surface area contributed by atoms with E-state index in [0.717, 1.165) is 10.4 Å². The van der Waals surface area contributed by atoms with Gasteiger partial charge in [0.1, 0.15) is 5.41 Å². The van der Waals surface area contributed by atoms with Gasteiger partial charge in [-0.15, -0.1) is 11.3 Å². The topological polar surface area (TPSA) is 73.7 Å². The Labute approximate surface area is 139 Å². The number of aliphatic hydroxyl groups excluding tert-OH is 1. The van der Waals surface area contributed by atoms with E-state index in [-0.39, 0.29) is 0 Å². The second kappa shape index (κ2) is 6.78. The number of piperidine rings is 1. The van der Waals surface area contributed by atoms with Gasteiger partial charge in [-0.25, -0.2) is 0 Å². The van der Waals surface area contributed by atoms with Crippen molar-refractivity contribution >= 4 is 17.3 Å². The maximum Gasteiger partial charge on any atom is 0.312 e. The van der Waals surface area contributed by atoms with Crippen molar-refractivity contribution in [1.29, 1.82) is 0 Å². The number of aromatic nitrogens is 1. The molecule has 1 aromatic carbocycles. The zero-order chi connectivity index (χ0) is 16.3. The highest BCUT2D eigenvalue weighted by Crippen LogP contribution is 2.36. The third kappa shape index (κ3) is 3.44. The molecule has 23 heavy (non-hydrogen) atoms. The third-order valence-corrected chi connectivity index (χ3v) is 5.36. The predicted octanol–water partition coefficient (Wildman–Crippen LogP) is 2.02. The van der Waals surface area contributed by atoms with Crippen molar-refractivity contribution in [3.05, 3.63) is 52.5 Å². The number of likely N-dealkylation sites (tertiary alicyclic amines) is 1. The highest BCUT2D eigenvalue weighted by atomic mass is 32.1. The Balaban J connectivity index is 1.73. The van der Waals surface area contributed by atoms with Crippen LogP contribution >= 0.6 is 11.3 Å². The number of aliphatic hydroxyl groups is 1. The van der Waals surface area contributed by atoms with E-state index < -0.39 is 17.5 Å². The fourth-order valence-electron chi connectivity index (χ4n) is 3.21. The first-order valence-electron chi connectivity index (χ1n) is 7.65. The standard InChI is InChI=1S/C17H20N2O3S/c20-15-11-19(10-14-9-18-12-23-14)7-6-17(15,16(21)22)8-13-4-2-1-3-5-13/h1-5,9,12,15,20H,6-8,10-11H2,(H,21,22)/t15-,17+/m0/s1. The van der Waals surface area contributed by atoms with Crippen molar-refractivity contribution in [2.45, 2.75) is 25.5 Å². The van der Waals surface area contributed by atoms with Gasteiger partial charge in [0.05, 0.1) is 11.6 Å². The highest BCUT2D eigenvalue weighted by Gasteiger charge is 2.48. The van der Waals surface area contributed by atoms with E-state index in [1.165, 1.54) is 0 Å². The van der Waals surface area contributed by atoms with Crippen LogP contribution in [0.15, 0.2) is 42.0 Å². The van der Waals surface area contributed by atoms with Gasteiger partial charge in [-0.1, -0.05) is 30.3 Å². The summed E-state index contributed by atoms with van der Waals surface area (Å²) in [5, 5.41) is 20.4. The first-order valence-corrected chi connectivity index (χ1v) is 8.53. The minimum atomic E-state index is -1.11. The predicted molar refractivity (Wildman–Crippen MR) is 88.2 cm³/mol. The van der Waals surface area contributed by atoms with E-state index in [1.54, 1.807) is 16.8 Å². The van der Waals surface area contributed by atoms with Crippen LogP contribution in [0.5, 0.6) is 0 Å². The van der Waals surface area contributed by atoms with Crippen molar-refractivity contribution in [2.75, 3.05) is 13.1 Å². The molecule has 1 aliphatic heterocycles. The van der Waals surface area contributed by atoms with Crippen LogP contribution in [0.3, 0.4) is 0 Å². The van der Waals surface area contributed by atoms with Crippen molar-refractivity contribution in [1.82, 2.24) is 9.88 Å². The lowest BCUT2D eigenvalue weighted by atomic mass is 9.71. The van der Waals surface area contributed by atoms with Gasteiger partial charge in [0, 0.05) is 24.2 Å². The van der Waals surface area contributed by atoms with Crippen LogP contribution in [0, 0.1) is 5.41 Å². The molecule has 1 saturated heterocycles. The number of rotatable bonds is 5. The van der Waals surface area contributed by atoms with Gasteiger partial charge in [0.15, 0.2) is 0 Å². The zero-order valence-corrected chi connectivity index (χ0v) is 13.6. The molecule has 3 rings (SSSR count). The minimum Gasteiger partial charge on any atom is -0.481 e. The molecule has 1 aliphatic rings. The molecule has 0 radical (unpaired) electrons. The van der Waals surface area contributed by atoms with Crippen LogP contribution < -0.4 is 0 Å². The van der Waals surface area contributed by atoms with Crippen LogP contribution in [0.25, 0.3) is 0 Å². The monoisotopic (exact) mass is 332 g/mol. The van der Waals surface area contributed by atoms with Crippen molar-refractivity contribution in [3.63, 3.8) is 0 Å². The Morgan fingerprint density at radius 3 is 2.78 bits per heavy atom. The molecule has 122 valence electrons. The Hall–Kier alpha value is -1.76. The lowest BCUT2D eigenvalue weighted by Gasteiger charge is -2.42. The molecule has 2 N–H and O–H groups in total. The van der Waals surface area contributed by atoms with Gasteiger partial charge in [-0.2, -0.15) is 0 Å². The van der Waals surface area contributed by atoms with Crippen LogP contribution in [-0.4, -0.2) is 45.3 Å². The molecule has 6 heteroatoms. The zero-order valence-electron chi connectivity index (χ0n) is 12.8. The second-order valence-electron chi connectivity index (χ2n) is 6.09. The molecule has 2 aromatic rings. The lowest BCUT2D eigenvalue weighted by molar-refractivity contribution is -0.163. The van der Waals surface area contributed by atoms with Crippen LogP contribution in [0.1, 0.15) is 16.9 Å². The van der Waals surface area contributed by atoms with Gasteiger partial charge >= 0.3 is 5.97 Å². The summed E-state index contributed by atoms with van der Waals surface area (Å²) in [4.78, 5) is 19.2. The molecular weight excluding hydrogens is 312 g/mol. The van der Waals surface area contributed by atoms with E-state index in [9.17, 15) is 15.0 Å². The van der Waals surface area contributed by atoms with E-state index in [1.807, 2.05) is 36.5 Å². The van der Waals surface area contributed by atoms with E-state index in [0.29, 0.717) is 32.5 Å². The smallest absolute Gasteiger partial charge is 0.312 e. The number of hydrogen-bond acceptors (Lipinski definition) is 5. The maximum atomic E-state index is 11.9. The Kier molecular flexibility index (Phi) is 4.75. The van der Waals surface area contributed by atoms with Gasteiger partial charge in [-0.05, 0) is 24.9 Å². The molecule has 0 spiro atoms. The van der Waals surface area contributed by atoms with Gasteiger partial charge in [0.2, 0.25) is 0 Å². The Morgan fingerprint density at radius 2 is 2.17 bits per heavy atom. The third-order valence-electron chi connectivity index (χ3n) is 4.59. The molecule has 1 fully saturated rings. The SMILES string of the molecule is O=C(O)[C@@]1(Cc2ccccc2)CCN(Cc2cncs2)C[C@@H]1O. The summed E-state index contributed by atoms with van der Waals surface area (Å²) in [5.41, 5.74) is 1.63. The molecule has 0 amide bonds.